The Balaban J connectivity index is 1.71. The molecule has 0 spiro atoms. The molecule has 0 radical (unpaired) electrons. The third kappa shape index (κ3) is 5.04. The molecule has 1 fully saturated rings. The molecular weight excluding hydrogens is 422 g/mol. The number of nitrogens with one attached hydrogen (secondary N) is 1. The quantitative estimate of drug-likeness (QED) is 0.721. The molecule has 146 valence electrons. The number of benzene rings is 1. The molecule has 0 bridgehead atoms. The van der Waals surface area contributed by atoms with E-state index in [-0.39, 0.29) is 12.8 Å². The average molecular weight is 443 g/mol. The van der Waals surface area contributed by atoms with Crippen molar-refractivity contribution in [2.75, 3.05) is 32.6 Å². The van der Waals surface area contributed by atoms with E-state index in [0.717, 1.165) is 5.56 Å². The fourth-order valence-corrected chi connectivity index (χ4v) is 3.26. The van der Waals surface area contributed by atoms with Crippen LogP contribution in [0.3, 0.4) is 0 Å². The van der Waals surface area contributed by atoms with Crippen LogP contribution >= 0.6 is 15.9 Å². The van der Waals surface area contributed by atoms with Crippen LogP contribution in [0.5, 0.6) is 11.6 Å². The Kier molecular flexibility index (Phi) is 6.11. The van der Waals surface area contributed by atoms with Crippen molar-refractivity contribution < 1.29 is 18.3 Å². The van der Waals surface area contributed by atoms with Gasteiger partial charge in [-0.15, -0.1) is 0 Å². The van der Waals surface area contributed by atoms with Crippen LogP contribution < -0.4 is 14.8 Å². The van der Waals surface area contributed by atoms with Crippen LogP contribution in [0.25, 0.3) is 0 Å². The minimum absolute atomic E-state index is 0.0908. The van der Waals surface area contributed by atoms with Gasteiger partial charge in [-0.1, -0.05) is 6.07 Å². The van der Waals surface area contributed by atoms with Crippen LogP contribution in [-0.2, 0) is 6.54 Å². The van der Waals surface area contributed by atoms with E-state index < -0.39 is 5.92 Å². The number of hydrogen-bond donors (Lipinski definition) is 1. The summed E-state index contributed by atoms with van der Waals surface area (Å²) in [6.45, 7) is 1.39. The van der Waals surface area contributed by atoms with E-state index in [9.17, 15) is 8.78 Å². The molecule has 3 rings (SSSR count). The van der Waals surface area contributed by atoms with E-state index in [1.165, 1.54) is 7.11 Å². The molecule has 1 N–H and O–H groups in total. The minimum atomic E-state index is -2.53. The number of nitrogens with zero attached hydrogens (tertiary/aromatic N) is 3. The molecule has 1 aromatic heterocycles. The van der Waals surface area contributed by atoms with Crippen LogP contribution in [0.15, 0.2) is 28.9 Å². The number of alkyl halides is 2. The first-order chi connectivity index (χ1) is 12.9. The number of hydrogen-bond acceptors (Lipinski definition) is 6. The standard InChI is InChI=1S/C18H21BrF2N4O2/c1-26-15-9-12(11-25-7-5-18(20,21)6-8-25)3-4-14(15)23-17-22-10-13(19)16(24-17)27-2/h3-4,9-10H,5-8,11H2,1-2H3,(H,22,23,24). The summed E-state index contributed by atoms with van der Waals surface area (Å²) in [5.41, 5.74) is 1.70. The second-order valence-electron chi connectivity index (χ2n) is 6.34. The third-order valence-electron chi connectivity index (χ3n) is 4.41. The molecule has 0 atom stereocenters. The molecule has 6 nitrogen and oxygen atoms in total. The predicted octanol–water partition coefficient (Wildman–Crippen LogP) is 4.23. The van der Waals surface area contributed by atoms with Crippen molar-refractivity contribution in [1.29, 1.82) is 0 Å². The Bertz CT molecular complexity index is 797. The smallest absolute Gasteiger partial charge is 0.250 e. The molecule has 1 aliphatic heterocycles. The number of likely N-dealkylation sites (tertiary alicyclic amines) is 1. The zero-order chi connectivity index (χ0) is 19.4. The van der Waals surface area contributed by atoms with Crippen molar-refractivity contribution >= 4 is 27.6 Å². The zero-order valence-corrected chi connectivity index (χ0v) is 16.7. The number of rotatable bonds is 6. The second kappa shape index (κ2) is 8.35. The average Bonchev–Trinajstić information content (AvgIpc) is 2.66. The molecule has 0 saturated carbocycles. The molecule has 0 unspecified atom stereocenters. The minimum Gasteiger partial charge on any atom is -0.495 e. The van der Waals surface area contributed by atoms with E-state index >= 15 is 0 Å². The highest BCUT2D eigenvalue weighted by atomic mass is 79.9. The summed E-state index contributed by atoms with van der Waals surface area (Å²) in [6, 6.07) is 5.70. The topological polar surface area (TPSA) is 59.5 Å². The lowest BCUT2D eigenvalue weighted by Gasteiger charge is -2.31. The highest BCUT2D eigenvalue weighted by Gasteiger charge is 2.33. The van der Waals surface area contributed by atoms with Gasteiger partial charge in [0.05, 0.1) is 30.6 Å². The molecule has 0 amide bonds. The van der Waals surface area contributed by atoms with Crippen LogP contribution in [0.4, 0.5) is 20.4 Å². The normalized spacial score (nSPS) is 16.8. The summed E-state index contributed by atoms with van der Waals surface area (Å²) in [5.74, 6) is -1.11. The fourth-order valence-electron chi connectivity index (χ4n) is 2.91. The van der Waals surface area contributed by atoms with Gasteiger partial charge in [0.1, 0.15) is 5.75 Å². The van der Waals surface area contributed by atoms with Gasteiger partial charge in [0, 0.05) is 32.5 Å². The molecule has 0 aliphatic carbocycles. The molecule has 27 heavy (non-hydrogen) atoms. The van der Waals surface area contributed by atoms with Crippen molar-refractivity contribution in [3.8, 4) is 11.6 Å². The summed E-state index contributed by atoms with van der Waals surface area (Å²) < 4.78 is 37.9. The monoisotopic (exact) mass is 442 g/mol. The summed E-state index contributed by atoms with van der Waals surface area (Å²) in [5, 5.41) is 3.11. The van der Waals surface area contributed by atoms with E-state index in [2.05, 4.69) is 31.2 Å². The third-order valence-corrected chi connectivity index (χ3v) is 4.96. The van der Waals surface area contributed by atoms with Crippen molar-refractivity contribution in [2.24, 2.45) is 0 Å². The number of aromatic nitrogens is 2. The van der Waals surface area contributed by atoms with Gasteiger partial charge in [0.25, 0.3) is 5.92 Å². The molecule has 2 aromatic rings. The Hall–Kier alpha value is -2.00. The first kappa shape index (κ1) is 19.8. The molecule has 9 heteroatoms. The van der Waals surface area contributed by atoms with Crippen molar-refractivity contribution in [3.05, 3.63) is 34.4 Å². The first-order valence-electron chi connectivity index (χ1n) is 8.51. The Labute approximate surface area is 165 Å². The summed E-state index contributed by atoms with van der Waals surface area (Å²) >= 11 is 3.31. The largest absolute Gasteiger partial charge is 0.495 e. The second-order valence-corrected chi connectivity index (χ2v) is 7.20. The number of halogens is 3. The van der Waals surface area contributed by atoms with Gasteiger partial charge in [-0.25, -0.2) is 13.8 Å². The SMILES string of the molecule is COc1cc(CN2CCC(F)(F)CC2)ccc1Nc1ncc(Br)c(OC)n1. The molecular formula is C18H21BrF2N4O2. The van der Waals surface area contributed by atoms with Gasteiger partial charge in [-0.2, -0.15) is 4.98 Å². The van der Waals surface area contributed by atoms with Gasteiger partial charge in [0.2, 0.25) is 11.8 Å². The lowest BCUT2D eigenvalue weighted by molar-refractivity contribution is -0.0566. The predicted molar refractivity (Wildman–Crippen MR) is 102 cm³/mol. The Morgan fingerprint density at radius 2 is 1.96 bits per heavy atom. The zero-order valence-electron chi connectivity index (χ0n) is 15.1. The van der Waals surface area contributed by atoms with E-state index in [0.29, 0.717) is 47.4 Å². The van der Waals surface area contributed by atoms with Crippen molar-refractivity contribution in [3.63, 3.8) is 0 Å². The Morgan fingerprint density at radius 3 is 2.63 bits per heavy atom. The van der Waals surface area contributed by atoms with E-state index in [4.69, 9.17) is 9.47 Å². The fraction of sp³-hybridized carbons (Fsp3) is 0.444. The summed E-state index contributed by atoms with van der Waals surface area (Å²) in [4.78, 5) is 10.5. The lowest BCUT2D eigenvalue weighted by Crippen LogP contribution is -2.38. The maximum atomic E-state index is 13.3. The molecule has 1 aromatic carbocycles. The number of ether oxygens (including phenoxy) is 2. The summed E-state index contributed by atoms with van der Waals surface area (Å²) in [7, 11) is 3.11. The maximum absolute atomic E-state index is 13.3. The lowest BCUT2D eigenvalue weighted by atomic mass is 10.1. The van der Waals surface area contributed by atoms with Crippen LogP contribution in [0.1, 0.15) is 18.4 Å². The summed E-state index contributed by atoms with van der Waals surface area (Å²) in [6.07, 6.45) is 1.42. The van der Waals surface area contributed by atoms with Gasteiger partial charge < -0.3 is 14.8 Å². The van der Waals surface area contributed by atoms with E-state index in [1.54, 1.807) is 13.3 Å². The van der Waals surface area contributed by atoms with Crippen LogP contribution in [0.2, 0.25) is 0 Å². The van der Waals surface area contributed by atoms with Gasteiger partial charge in [-0.05, 0) is 33.6 Å². The highest BCUT2D eigenvalue weighted by molar-refractivity contribution is 9.10. The van der Waals surface area contributed by atoms with Crippen LogP contribution in [-0.4, -0.2) is 48.1 Å². The molecule has 1 aliphatic rings. The van der Waals surface area contributed by atoms with Crippen LogP contribution in [0, 0.1) is 0 Å². The van der Waals surface area contributed by atoms with Gasteiger partial charge in [-0.3, -0.25) is 4.90 Å². The number of piperidine rings is 1. The molecule has 2 heterocycles. The van der Waals surface area contributed by atoms with Crippen molar-refractivity contribution in [1.82, 2.24) is 14.9 Å². The number of methoxy groups -OCH3 is 2. The van der Waals surface area contributed by atoms with E-state index in [1.807, 2.05) is 23.1 Å². The number of anilines is 2. The molecule has 1 saturated heterocycles. The van der Waals surface area contributed by atoms with Gasteiger partial charge in [0.15, 0.2) is 0 Å². The van der Waals surface area contributed by atoms with Gasteiger partial charge >= 0.3 is 0 Å². The highest BCUT2D eigenvalue weighted by Crippen LogP contribution is 2.31. The Morgan fingerprint density at radius 1 is 1.22 bits per heavy atom. The first-order valence-corrected chi connectivity index (χ1v) is 9.30. The van der Waals surface area contributed by atoms with Crippen molar-refractivity contribution in [2.45, 2.75) is 25.3 Å². The maximum Gasteiger partial charge on any atom is 0.250 e.